The molecule has 0 fully saturated rings. The van der Waals surface area contributed by atoms with Crippen molar-refractivity contribution in [3.8, 4) is 0 Å². The molecule has 1 aromatic heterocycles. The Kier molecular flexibility index (Phi) is 7.57. The Labute approximate surface area is 207 Å². The smallest absolute Gasteiger partial charge is 0.427 e. The maximum absolute atomic E-state index is 13.7. The van der Waals surface area contributed by atoms with E-state index in [9.17, 15) is 19.2 Å². The van der Waals surface area contributed by atoms with Gasteiger partial charge >= 0.3 is 18.3 Å². The summed E-state index contributed by atoms with van der Waals surface area (Å²) in [4.78, 5) is 52.7. The van der Waals surface area contributed by atoms with Crippen molar-refractivity contribution < 1.29 is 33.4 Å². The van der Waals surface area contributed by atoms with Crippen molar-refractivity contribution in [3.05, 3.63) is 34.4 Å². The predicted molar refractivity (Wildman–Crippen MR) is 130 cm³/mol. The number of fused-ring (bicyclic) bond motifs is 1. The number of halogens is 1. The maximum Gasteiger partial charge on any atom is 0.427 e. The normalized spacial score (nSPS) is 12.3. The van der Waals surface area contributed by atoms with Gasteiger partial charge in [-0.1, -0.05) is 15.9 Å². The first-order valence-corrected chi connectivity index (χ1v) is 11.4. The standard InChI is InChI=1S/C24H31BrN2O7/c1-22(2,3)32-19(29)26-11-10-14-12-15(25)13-16(17(14)26)18(28)27(20(30)33-23(4,5)6)21(31)34-24(7,8)9/h10-13H,1-9H3. The van der Waals surface area contributed by atoms with Crippen LogP contribution in [0.3, 0.4) is 0 Å². The topological polar surface area (TPSA) is 104 Å². The molecule has 0 radical (unpaired) electrons. The molecule has 10 heteroatoms. The molecule has 0 spiro atoms. The SMILES string of the molecule is CC(C)(C)OC(=O)N(C(=O)OC(C)(C)C)C(=O)c1cc(Br)cc2ccn(C(=O)OC(C)(C)C)c12. The lowest BCUT2D eigenvalue weighted by Gasteiger charge is -2.27. The summed E-state index contributed by atoms with van der Waals surface area (Å²) < 4.78 is 17.7. The lowest BCUT2D eigenvalue weighted by atomic mass is 10.1. The van der Waals surface area contributed by atoms with Crippen molar-refractivity contribution in [3.63, 3.8) is 0 Å². The number of imide groups is 3. The fourth-order valence-corrected chi connectivity index (χ4v) is 3.32. The average Bonchev–Trinajstić information content (AvgIpc) is 3.00. The second-order valence-corrected chi connectivity index (χ2v) is 11.6. The van der Waals surface area contributed by atoms with Gasteiger partial charge in [0.1, 0.15) is 16.8 Å². The fourth-order valence-electron chi connectivity index (χ4n) is 2.85. The Morgan fingerprint density at radius 1 is 0.794 bits per heavy atom. The minimum Gasteiger partial charge on any atom is -0.443 e. The summed E-state index contributed by atoms with van der Waals surface area (Å²) in [7, 11) is 0. The van der Waals surface area contributed by atoms with Crippen LogP contribution in [-0.2, 0) is 14.2 Å². The summed E-state index contributed by atoms with van der Waals surface area (Å²) in [6, 6.07) is 4.72. The van der Waals surface area contributed by atoms with Crippen LogP contribution in [0.25, 0.3) is 10.9 Å². The number of amides is 3. The van der Waals surface area contributed by atoms with Gasteiger partial charge in [0.2, 0.25) is 0 Å². The van der Waals surface area contributed by atoms with Gasteiger partial charge in [-0.15, -0.1) is 4.90 Å². The number of carbonyl (C=O) groups is 4. The zero-order valence-corrected chi connectivity index (χ0v) is 22.5. The van der Waals surface area contributed by atoms with Crippen LogP contribution in [0.5, 0.6) is 0 Å². The minimum absolute atomic E-state index is 0.100. The zero-order valence-electron chi connectivity index (χ0n) is 20.9. The zero-order chi connectivity index (χ0) is 26.2. The Bertz CT molecular complexity index is 1100. The van der Waals surface area contributed by atoms with Crippen molar-refractivity contribution >= 4 is 51.0 Å². The van der Waals surface area contributed by atoms with Gasteiger partial charge in [-0.3, -0.25) is 9.36 Å². The van der Waals surface area contributed by atoms with Gasteiger partial charge in [-0.25, -0.2) is 14.4 Å². The maximum atomic E-state index is 13.7. The molecule has 0 saturated heterocycles. The van der Waals surface area contributed by atoms with E-state index < -0.39 is 41.0 Å². The lowest BCUT2D eigenvalue weighted by Crippen LogP contribution is -2.47. The van der Waals surface area contributed by atoms with Crippen LogP contribution in [-0.4, -0.2) is 50.5 Å². The molecule has 0 saturated carbocycles. The first kappa shape index (κ1) is 27.4. The van der Waals surface area contributed by atoms with Crippen molar-refractivity contribution in [1.29, 1.82) is 0 Å². The number of hydrogen-bond acceptors (Lipinski definition) is 7. The molecule has 0 bridgehead atoms. The third-order valence-electron chi connectivity index (χ3n) is 3.92. The Morgan fingerprint density at radius 3 is 1.71 bits per heavy atom. The molecule has 0 unspecified atom stereocenters. The molecule has 1 aromatic carbocycles. The van der Waals surface area contributed by atoms with E-state index >= 15 is 0 Å². The molecule has 1 heterocycles. The number of aromatic nitrogens is 1. The number of ether oxygens (including phenoxy) is 3. The highest BCUT2D eigenvalue weighted by molar-refractivity contribution is 9.10. The van der Waals surface area contributed by atoms with E-state index in [0.717, 1.165) is 4.57 Å². The first-order valence-electron chi connectivity index (χ1n) is 10.6. The monoisotopic (exact) mass is 538 g/mol. The molecule has 3 amide bonds. The summed E-state index contributed by atoms with van der Waals surface area (Å²) in [6.45, 7) is 14.8. The van der Waals surface area contributed by atoms with Gasteiger partial charge in [0.05, 0.1) is 11.1 Å². The van der Waals surface area contributed by atoms with E-state index in [4.69, 9.17) is 14.2 Å². The Balaban J connectivity index is 2.68. The second-order valence-electron chi connectivity index (χ2n) is 10.7. The Morgan fingerprint density at radius 2 is 1.26 bits per heavy atom. The van der Waals surface area contributed by atoms with E-state index in [-0.39, 0.29) is 11.1 Å². The van der Waals surface area contributed by atoms with Crippen LogP contribution in [0.15, 0.2) is 28.9 Å². The number of nitrogens with zero attached hydrogens (tertiary/aromatic N) is 2. The summed E-state index contributed by atoms with van der Waals surface area (Å²) in [5.74, 6) is -1.02. The van der Waals surface area contributed by atoms with Crippen LogP contribution in [0.1, 0.15) is 72.7 Å². The molecule has 0 atom stereocenters. The molecular weight excluding hydrogens is 508 g/mol. The van der Waals surface area contributed by atoms with Crippen molar-refractivity contribution in [1.82, 2.24) is 9.47 Å². The fraction of sp³-hybridized carbons (Fsp3) is 0.500. The summed E-state index contributed by atoms with van der Waals surface area (Å²) in [5, 5.41) is 0.511. The quantitative estimate of drug-likeness (QED) is 0.381. The number of carbonyl (C=O) groups excluding carboxylic acids is 4. The first-order chi connectivity index (χ1) is 15.3. The molecule has 2 aromatic rings. The molecule has 2 rings (SSSR count). The van der Waals surface area contributed by atoms with Crippen LogP contribution in [0.2, 0.25) is 0 Å². The summed E-state index contributed by atoms with van der Waals surface area (Å²) in [6.07, 6.45) is -1.67. The second kappa shape index (κ2) is 9.40. The largest absolute Gasteiger partial charge is 0.443 e. The molecule has 186 valence electrons. The highest BCUT2D eigenvalue weighted by Crippen LogP contribution is 2.29. The van der Waals surface area contributed by atoms with E-state index in [2.05, 4.69) is 15.9 Å². The van der Waals surface area contributed by atoms with Crippen molar-refractivity contribution in [2.45, 2.75) is 79.1 Å². The number of benzene rings is 1. The number of rotatable bonds is 1. The average molecular weight is 539 g/mol. The van der Waals surface area contributed by atoms with Gasteiger partial charge in [-0.2, -0.15) is 0 Å². The van der Waals surface area contributed by atoms with Gasteiger partial charge in [0.25, 0.3) is 5.91 Å². The van der Waals surface area contributed by atoms with Crippen molar-refractivity contribution in [2.24, 2.45) is 0 Å². The van der Waals surface area contributed by atoms with E-state index in [1.807, 2.05) is 0 Å². The van der Waals surface area contributed by atoms with E-state index in [1.54, 1.807) is 74.4 Å². The van der Waals surface area contributed by atoms with Gasteiger partial charge in [0, 0.05) is 16.1 Å². The lowest BCUT2D eigenvalue weighted by molar-refractivity contribution is 0.00399. The predicted octanol–water partition coefficient (Wildman–Crippen LogP) is 6.50. The van der Waals surface area contributed by atoms with Crippen molar-refractivity contribution in [2.75, 3.05) is 0 Å². The minimum atomic E-state index is -1.20. The molecular formula is C24H31BrN2O7. The molecule has 0 aliphatic rings. The third kappa shape index (κ3) is 7.06. The highest BCUT2D eigenvalue weighted by atomic mass is 79.9. The van der Waals surface area contributed by atoms with Crippen LogP contribution < -0.4 is 0 Å². The number of hydrogen-bond donors (Lipinski definition) is 0. The van der Waals surface area contributed by atoms with Gasteiger partial charge in [-0.05, 0) is 80.5 Å². The van der Waals surface area contributed by atoms with Crippen LogP contribution >= 0.6 is 15.9 Å². The summed E-state index contributed by atoms with van der Waals surface area (Å²) >= 11 is 3.34. The molecule has 9 nitrogen and oxygen atoms in total. The molecule has 0 aliphatic heterocycles. The highest BCUT2D eigenvalue weighted by Gasteiger charge is 2.38. The third-order valence-corrected chi connectivity index (χ3v) is 4.38. The van der Waals surface area contributed by atoms with E-state index in [1.165, 1.54) is 12.3 Å². The van der Waals surface area contributed by atoms with E-state index in [0.29, 0.717) is 14.8 Å². The molecule has 34 heavy (non-hydrogen) atoms. The van der Waals surface area contributed by atoms with Crippen LogP contribution in [0.4, 0.5) is 14.4 Å². The summed E-state index contributed by atoms with van der Waals surface area (Å²) in [5.41, 5.74) is -2.69. The van der Waals surface area contributed by atoms with Gasteiger partial charge in [0.15, 0.2) is 0 Å². The molecule has 0 aliphatic carbocycles. The Hall–Kier alpha value is -2.88. The van der Waals surface area contributed by atoms with Gasteiger partial charge < -0.3 is 14.2 Å². The molecule has 0 N–H and O–H groups in total. The van der Waals surface area contributed by atoms with Crippen LogP contribution in [0, 0.1) is 0 Å².